The molecule has 4 heterocycles. The number of hydrogen-bond donors (Lipinski definition) is 3. The average Bonchev–Trinajstić information content (AvgIpc) is 3.02. The molecule has 10 heteroatoms. The van der Waals surface area contributed by atoms with Crippen LogP contribution in [0.1, 0.15) is 48.2 Å². The maximum atomic E-state index is 10.4. The molecule has 1 aliphatic carbocycles. The molecule has 4 N–H and O–H groups in total. The number of nitrogens with one attached hydrogen (secondary N) is 1. The van der Waals surface area contributed by atoms with E-state index in [4.69, 9.17) is 15.6 Å². The second-order valence-electron chi connectivity index (χ2n) is 9.07. The minimum absolute atomic E-state index is 0.131. The lowest BCUT2D eigenvalue weighted by atomic mass is 9.92. The zero-order chi connectivity index (χ0) is 23.1. The molecule has 0 bridgehead atoms. The van der Waals surface area contributed by atoms with Crippen LogP contribution in [0.2, 0.25) is 0 Å². The number of thioether (sulfide) groups is 1. The van der Waals surface area contributed by atoms with Gasteiger partial charge in [-0.15, -0.1) is 11.8 Å². The second-order valence-corrected chi connectivity index (χ2v) is 10.1. The van der Waals surface area contributed by atoms with Crippen LogP contribution in [0.15, 0.2) is 11.2 Å². The fourth-order valence-corrected chi connectivity index (χ4v) is 6.13. The number of rotatable bonds is 5. The third kappa shape index (κ3) is 4.27. The Labute approximate surface area is 197 Å². The van der Waals surface area contributed by atoms with Crippen LogP contribution in [0.25, 0.3) is 11.0 Å². The lowest BCUT2D eigenvalue weighted by Gasteiger charge is -2.31. The summed E-state index contributed by atoms with van der Waals surface area (Å²) < 4.78 is 7.46. The molecule has 0 radical (unpaired) electrons. The SMILES string of the molecule is COc1c(C)cnc(Cn2nc3c4c(nc(N)nc42)SCC(N[C@H]2CCCC[C@@H]2O)C3)c1C. The van der Waals surface area contributed by atoms with Gasteiger partial charge < -0.3 is 20.9 Å². The van der Waals surface area contributed by atoms with Crippen molar-refractivity contribution in [3.05, 3.63) is 28.7 Å². The maximum Gasteiger partial charge on any atom is 0.223 e. The van der Waals surface area contributed by atoms with Crippen LogP contribution >= 0.6 is 11.8 Å². The van der Waals surface area contributed by atoms with Crippen LogP contribution < -0.4 is 15.8 Å². The van der Waals surface area contributed by atoms with E-state index in [9.17, 15) is 5.11 Å². The summed E-state index contributed by atoms with van der Waals surface area (Å²) >= 11 is 1.68. The molecular formula is C23H31N7O2S. The molecule has 0 aromatic carbocycles. The largest absolute Gasteiger partial charge is 0.496 e. The van der Waals surface area contributed by atoms with Gasteiger partial charge in [0.05, 0.1) is 36.5 Å². The van der Waals surface area contributed by atoms with Crippen molar-refractivity contribution in [1.82, 2.24) is 30.0 Å². The van der Waals surface area contributed by atoms with Gasteiger partial charge in [0.2, 0.25) is 5.95 Å². The summed E-state index contributed by atoms with van der Waals surface area (Å²) in [6, 6.07) is 0.320. The van der Waals surface area contributed by atoms with E-state index >= 15 is 0 Å². The Morgan fingerprint density at radius 2 is 2.09 bits per heavy atom. The van der Waals surface area contributed by atoms with Crippen molar-refractivity contribution in [3.63, 3.8) is 0 Å². The highest BCUT2D eigenvalue weighted by molar-refractivity contribution is 7.99. The molecule has 2 aliphatic rings. The summed E-state index contributed by atoms with van der Waals surface area (Å²) in [5.41, 5.74) is 10.7. The highest BCUT2D eigenvalue weighted by Crippen LogP contribution is 2.34. The summed E-state index contributed by atoms with van der Waals surface area (Å²) in [4.78, 5) is 13.7. The molecule has 1 fully saturated rings. The van der Waals surface area contributed by atoms with E-state index in [1.165, 1.54) is 0 Å². The van der Waals surface area contributed by atoms with Crippen LogP contribution in [0.5, 0.6) is 5.75 Å². The van der Waals surface area contributed by atoms with E-state index in [-0.39, 0.29) is 24.1 Å². The molecule has 3 aromatic heterocycles. The fourth-order valence-electron chi connectivity index (χ4n) is 5.04. The number of nitrogen functional groups attached to an aromatic ring is 1. The van der Waals surface area contributed by atoms with E-state index in [2.05, 4.69) is 20.3 Å². The van der Waals surface area contributed by atoms with Gasteiger partial charge in [0.15, 0.2) is 5.65 Å². The van der Waals surface area contributed by atoms with Gasteiger partial charge in [-0.25, -0.2) is 9.67 Å². The van der Waals surface area contributed by atoms with Gasteiger partial charge >= 0.3 is 0 Å². The first kappa shape index (κ1) is 22.4. The van der Waals surface area contributed by atoms with E-state index < -0.39 is 0 Å². The number of aromatic nitrogens is 5. The van der Waals surface area contributed by atoms with Gasteiger partial charge in [0, 0.05) is 41.6 Å². The van der Waals surface area contributed by atoms with Crippen molar-refractivity contribution in [2.75, 3.05) is 18.6 Å². The minimum atomic E-state index is -0.284. The highest BCUT2D eigenvalue weighted by atomic mass is 32.2. The molecule has 1 aliphatic heterocycles. The maximum absolute atomic E-state index is 10.4. The quantitative estimate of drug-likeness (QED) is 0.483. The number of ether oxygens (including phenoxy) is 1. The van der Waals surface area contributed by atoms with E-state index in [1.54, 1.807) is 18.9 Å². The molecule has 0 amide bonds. The topological polar surface area (TPSA) is 124 Å². The predicted octanol–water partition coefficient (Wildman–Crippen LogP) is 2.39. The van der Waals surface area contributed by atoms with Crippen molar-refractivity contribution in [1.29, 1.82) is 0 Å². The molecule has 9 nitrogen and oxygen atoms in total. The Bertz CT molecular complexity index is 1180. The molecule has 3 atom stereocenters. The first-order valence-corrected chi connectivity index (χ1v) is 12.5. The summed E-state index contributed by atoms with van der Waals surface area (Å²) in [6.45, 7) is 4.48. The normalized spacial score (nSPS) is 23.0. The molecule has 1 unspecified atom stereocenters. The summed E-state index contributed by atoms with van der Waals surface area (Å²) in [7, 11) is 1.68. The molecule has 0 saturated heterocycles. The lowest BCUT2D eigenvalue weighted by molar-refractivity contribution is 0.0862. The van der Waals surface area contributed by atoms with Gasteiger partial charge in [0.1, 0.15) is 10.8 Å². The summed E-state index contributed by atoms with van der Waals surface area (Å²) in [5.74, 6) is 1.94. The van der Waals surface area contributed by atoms with Crippen molar-refractivity contribution in [2.45, 2.75) is 75.7 Å². The molecular weight excluding hydrogens is 438 g/mol. The molecule has 0 spiro atoms. The van der Waals surface area contributed by atoms with Crippen LogP contribution in [-0.4, -0.2) is 60.9 Å². The third-order valence-electron chi connectivity index (χ3n) is 6.74. The molecule has 3 aromatic rings. The molecule has 1 saturated carbocycles. The van der Waals surface area contributed by atoms with Gasteiger partial charge in [-0.1, -0.05) is 12.8 Å². The molecule has 5 rings (SSSR count). The van der Waals surface area contributed by atoms with Crippen molar-refractivity contribution < 1.29 is 9.84 Å². The van der Waals surface area contributed by atoms with Crippen molar-refractivity contribution >= 4 is 28.7 Å². The number of hydrogen-bond acceptors (Lipinski definition) is 9. The van der Waals surface area contributed by atoms with Gasteiger partial charge in [-0.3, -0.25) is 4.98 Å². The number of aliphatic hydroxyl groups is 1. The third-order valence-corrected chi connectivity index (χ3v) is 7.88. The Morgan fingerprint density at radius 3 is 2.88 bits per heavy atom. The van der Waals surface area contributed by atoms with Crippen molar-refractivity contribution in [3.8, 4) is 5.75 Å². The number of methoxy groups -OCH3 is 1. The number of nitrogens with two attached hydrogens (primary N) is 1. The van der Waals surface area contributed by atoms with E-state index in [0.717, 1.165) is 82.2 Å². The van der Waals surface area contributed by atoms with E-state index in [0.29, 0.717) is 6.54 Å². The van der Waals surface area contributed by atoms with E-state index in [1.807, 2.05) is 24.7 Å². The predicted molar refractivity (Wildman–Crippen MR) is 129 cm³/mol. The first-order valence-electron chi connectivity index (χ1n) is 11.5. The standard InChI is InChI=1S/C23H31N7O2S/c1-12-9-25-17(13(2)20(12)32-3)10-30-21-19-16(29-30)8-14(11-33-22(19)28-23(24)27-21)26-15-6-4-5-7-18(15)31/h9,14-15,18,26,31H,4-8,10-11H2,1-3H3,(H2,24,27,28)/t14?,15-,18-/m0/s1. The molecule has 176 valence electrons. The number of anilines is 1. The highest BCUT2D eigenvalue weighted by Gasteiger charge is 2.30. The number of aryl methyl sites for hydroxylation is 1. The van der Waals surface area contributed by atoms with Crippen LogP contribution in [0, 0.1) is 13.8 Å². The Kier molecular flexibility index (Phi) is 6.15. The first-order chi connectivity index (χ1) is 15.9. The lowest BCUT2D eigenvalue weighted by Crippen LogP contribution is -2.48. The van der Waals surface area contributed by atoms with Gasteiger partial charge in [-0.05, 0) is 26.7 Å². The summed E-state index contributed by atoms with van der Waals surface area (Å²) in [5, 5.41) is 20.9. The van der Waals surface area contributed by atoms with Gasteiger partial charge in [0.25, 0.3) is 0 Å². The number of aliphatic hydroxyl groups excluding tert-OH is 1. The summed E-state index contributed by atoms with van der Waals surface area (Å²) in [6.07, 6.45) is 6.43. The minimum Gasteiger partial charge on any atom is -0.496 e. The Morgan fingerprint density at radius 1 is 1.27 bits per heavy atom. The Balaban J connectivity index is 1.49. The van der Waals surface area contributed by atoms with Crippen LogP contribution in [-0.2, 0) is 13.0 Å². The molecule has 33 heavy (non-hydrogen) atoms. The average molecular weight is 470 g/mol. The van der Waals surface area contributed by atoms with Gasteiger partial charge in [-0.2, -0.15) is 10.1 Å². The Hall–Kier alpha value is -2.43. The van der Waals surface area contributed by atoms with Crippen LogP contribution in [0.4, 0.5) is 5.95 Å². The zero-order valence-corrected chi connectivity index (χ0v) is 20.2. The fraction of sp³-hybridized carbons (Fsp3) is 0.565. The number of nitrogens with zero attached hydrogens (tertiary/aromatic N) is 5. The number of pyridine rings is 1. The zero-order valence-electron chi connectivity index (χ0n) is 19.3. The second kappa shape index (κ2) is 9.08. The van der Waals surface area contributed by atoms with Crippen LogP contribution in [0.3, 0.4) is 0 Å². The van der Waals surface area contributed by atoms with Crippen molar-refractivity contribution in [2.24, 2.45) is 0 Å². The smallest absolute Gasteiger partial charge is 0.223 e. The monoisotopic (exact) mass is 469 g/mol.